The van der Waals surface area contributed by atoms with Crippen LogP contribution < -0.4 is 5.32 Å². The first-order valence-corrected chi connectivity index (χ1v) is 5.53. The minimum Gasteiger partial charge on any atom is -0.380 e. The SMILES string of the molecule is COC(C)CN[C@H](C)c1ccc(Cl)cc1. The summed E-state index contributed by atoms with van der Waals surface area (Å²) < 4.78 is 5.17. The summed E-state index contributed by atoms with van der Waals surface area (Å²) in [6.07, 6.45) is 0.236. The second-order valence-corrected chi connectivity index (χ2v) is 4.16. The standard InChI is InChI=1S/C12H18ClNO/c1-9(15-3)8-14-10(2)11-4-6-12(13)7-5-11/h4-7,9-10,14H,8H2,1-3H3/t9?,10-/m1/s1. The predicted octanol–water partition coefficient (Wildman–Crippen LogP) is 3.03. The summed E-state index contributed by atoms with van der Waals surface area (Å²) in [6, 6.07) is 8.22. The Labute approximate surface area is 96.6 Å². The van der Waals surface area contributed by atoms with E-state index in [0.29, 0.717) is 6.04 Å². The number of hydrogen-bond acceptors (Lipinski definition) is 2. The molecule has 84 valence electrons. The van der Waals surface area contributed by atoms with Crippen molar-refractivity contribution < 1.29 is 4.74 Å². The first-order chi connectivity index (χ1) is 7.13. The Morgan fingerprint density at radius 2 is 1.87 bits per heavy atom. The van der Waals surface area contributed by atoms with Gasteiger partial charge < -0.3 is 10.1 Å². The van der Waals surface area contributed by atoms with Crippen LogP contribution in [0.3, 0.4) is 0 Å². The average Bonchev–Trinajstić information content (AvgIpc) is 2.26. The highest BCUT2D eigenvalue weighted by Crippen LogP contribution is 2.15. The van der Waals surface area contributed by atoms with Gasteiger partial charge in [-0.15, -0.1) is 0 Å². The molecular weight excluding hydrogens is 210 g/mol. The van der Waals surface area contributed by atoms with E-state index in [4.69, 9.17) is 16.3 Å². The Morgan fingerprint density at radius 3 is 2.40 bits per heavy atom. The Bertz CT molecular complexity index is 286. The quantitative estimate of drug-likeness (QED) is 0.835. The Morgan fingerprint density at radius 1 is 1.27 bits per heavy atom. The maximum Gasteiger partial charge on any atom is 0.0667 e. The van der Waals surface area contributed by atoms with Gasteiger partial charge in [-0.25, -0.2) is 0 Å². The molecule has 0 heterocycles. The fraction of sp³-hybridized carbons (Fsp3) is 0.500. The van der Waals surface area contributed by atoms with E-state index in [0.717, 1.165) is 11.6 Å². The number of rotatable bonds is 5. The zero-order valence-electron chi connectivity index (χ0n) is 9.46. The molecule has 1 unspecified atom stereocenters. The molecule has 0 fully saturated rings. The maximum atomic E-state index is 5.83. The highest BCUT2D eigenvalue weighted by Gasteiger charge is 2.06. The van der Waals surface area contributed by atoms with Crippen molar-refractivity contribution in [3.63, 3.8) is 0 Å². The van der Waals surface area contributed by atoms with Gasteiger partial charge in [0.15, 0.2) is 0 Å². The molecule has 0 bridgehead atoms. The molecule has 0 spiro atoms. The largest absolute Gasteiger partial charge is 0.380 e. The molecule has 2 atom stereocenters. The summed E-state index contributed by atoms with van der Waals surface area (Å²) in [7, 11) is 1.72. The van der Waals surface area contributed by atoms with Crippen LogP contribution in [0.1, 0.15) is 25.5 Å². The smallest absolute Gasteiger partial charge is 0.0667 e. The summed E-state index contributed by atoms with van der Waals surface area (Å²) in [5.41, 5.74) is 1.24. The average molecular weight is 228 g/mol. The van der Waals surface area contributed by atoms with Gasteiger partial charge in [0.2, 0.25) is 0 Å². The third kappa shape index (κ3) is 4.20. The number of ether oxygens (including phenoxy) is 1. The zero-order chi connectivity index (χ0) is 11.3. The number of nitrogens with one attached hydrogen (secondary N) is 1. The van der Waals surface area contributed by atoms with Crippen molar-refractivity contribution in [1.82, 2.24) is 5.32 Å². The molecule has 0 amide bonds. The highest BCUT2D eigenvalue weighted by molar-refractivity contribution is 6.30. The van der Waals surface area contributed by atoms with Crippen LogP contribution in [0.15, 0.2) is 24.3 Å². The molecule has 0 saturated heterocycles. The Hall–Kier alpha value is -0.570. The molecule has 0 aliphatic rings. The summed E-state index contributed by atoms with van der Waals surface area (Å²) >= 11 is 5.83. The first kappa shape index (κ1) is 12.5. The normalized spacial score (nSPS) is 14.9. The van der Waals surface area contributed by atoms with Gasteiger partial charge in [-0.05, 0) is 31.5 Å². The lowest BCUT2D eigenvalue weighted by Gasteiger charge is -2.17. The molecule has 0 aromatic heterocycles. The van der Waals surface area contributed by atoms with E-state index in [1.165, 1.54) is 5.56 Å². The first-order valence-electron chi connectivity index (χ1n) is 5.15. The second kappa shape index (κ2) is 6.11. The van der Waals surface area contributed by atoms with E-state index < -0.39 is 0 Å². The van der Waals surface area contributed by atoms with E-state index >= 15 is 0 Å². The van der Waals surface area contributed by atoms with Gasteiger partial charge in [-0.3, -0.25) is 0 Å². The van der Waals surface area contributed by atoms with E-state index in [1.807, 2.05) is 31.2 Å². The topological polar surface area (TPSA) is 21.3 Å². The van der Waals surface area contributed by atoms with Crippen LogP contribution >= 0.6 is 11.6 Å². The second-order valence-electron chi connectivity index (χ2n) is 3.73. The van der Waals surface area contributed by atoms with Crippen molar-refractivity contribution in [3.05, 3.63) is 34.9 Å². The lowest BCUT2D eigenvalue weighted by atomic mass is 10.1. The molecule has 15 heavy (non-hydrogen) atoms. The minimum atomic E-state index is 0.236. The fourth-order valence-electron chi connectivity index (χ4n) is 1.30. The van der Waals surface area contributed by atoms with Gasteiger partial charge in [0, 0.05) is 24.7 Å². The van der Waals surface area contributed by atoms with Crippen molar-refractivity contribution in [3.8, 4) is 0 Å². The van der Waals surface area contributed by atoms with Gasteiger partial charge in [-0.2, -0.15) is 0 Å². The van der Waals surface area contributed by atoms with E-state index in [1.54, 1.807) is 7.11 Å². The minimum absolute atomic E-state index is 0.236. The molecular formula is C12H18ClNO. The zero-order valence-corrected chi connectivity index (χ0v) is 10.2. The number of halogens is 1. The molecule has 3 heteroatoms. The van der Waals surface area contributed by atoms with Crippen LogP contribution in [0.2, 0.25) is 5.02 Å². The molecule has 0 aliphatic heterocycles. The van der Waals surface area contributed by atoms with Crippen molar-refractivity contribution in [1.29, 1.82) is 0 Å². The summed E-state index contributed by atoms with van der Waals surface area (Å²) in [4.78, 5) is 0. The van der Waals surface area contributed by atoms with Crippen molar-refractivity contribution in [2.24, 2.45) is 0 Å². The van der Waals surface area contributed by atoms with Gasteiger partial charge in [0.25, 0.3) is 0 Å². The van der Waals surface area contributed by atoms with Crippen LogP contribution in [0.4, 0.5) is 0 Å². The Kier molecular flexibility index (Phi) is 5.09. The van der Waals surface area contributed by atoms with Crippen LogP contribution in [-0.2, 0) is 4.74 Å². The third-order valence-electron chi connectivity index (χ3n) is 2.48. The summed E-state index contributed by atoms with van der Waals surface area (Å²) in [5.74, 6) is 0. The van der Waals surface area contributed by atoms with E-state index in [9.17, 15) is 0 Å². The summed E-state index contributed by atoms with van der Waals surface area (Å²) in [6.45, 7) is 5.02. The van der Waals surface area contributed by atoms with Crippen LogP contribution in [0, 0.1) is 0 Å². The van der Waals surface area contributed by atoms with Crippen molar-refractivity contribution in [2.75, 3.05) is 13.7 Å². The third-order valence-corrected chi connectivity index (χ3v) is 2.74. The monoisotopic (exact) mass is 227 g/mol. The number of hydrogen-bond donors (Lipinski definition) is 1. The van der Waals surface area contributed by atoms with Gasteiger partial charge in [0.05, 0.1) is 6.10 Å². The lowest BCUT2D eigenvalue weighted by molar-refractivity contribution is 0.115. The molecule has 1 aromatic rings. The van der Waals surface area contributed by atoms with Crippen molar-refractivity contribution >= 4 is 11.6 Å². The Balaban J connectivity index is 2.46. The van der Waals surface area contributed by atoms with E-state index in [-0.39, 0.29) is 6.10 Å². The van der Waals surface area contributed by atoms with E-state index in [2.05, 4.69) is 12.2 Å². The van der Waals surface area contributed by atoms with Gasteiger partial charge >= 0.3 is 0 Å². The summed E-state index contributed by atoms with van der Waals surface area (Å²) in [5, 5.41) is 4.18. The van der Waals surface area contributed by atoms with Gasteiger partial charge in [0.1, 0.15) is 0 Å². The van der Waals surface area contributed by atoms with Crippen molar-refractivity contribution in [2.45, 2.75) is 26.0 Å². The molecule has 0 aliphatic carbocycles. The molecule has 1 N–H and O–H groups in total. The lowest BCUT2D eigenvalue weighted by Crippen LogP contribution is -2.28. The molecule has 0 radical (unpaired) electrons. The molecule has 1 aromatic carbocycles. The molecule has 1 rings (SSSR count). The molecule has 2 nitrogen and oxygen atoms in total. The van der Waals surface area contributed by atoms with Crippen LogP contribution in [-0.4, -0.2) is 19.8 Å². The maximum absolute atomic E-state index is 5.83. The fourth-order valence-corrected chi connectivity index (χ4v) is 1.42. The predicted molar refractivity (Wildman–Crippen MR) is 64.3 cm³/mol. The van der Waals surface area contributed by atoms with Gasteiger partial charge in [-0.1, -0.05) is 23.7 Å². The van der Waals surface area contributed by atoms with Crippen LogP contribution in [0.5, 0.6) is 0 Å². The van der Waals surface area contributed by atoms with Crippen LogP contribution in [0.25, 0.3) is 0 Å². The molecule has 0 saturated carbocycles. The number of methoxy groups -OCH3 is 1. The highest BCUT2D eigenvalue weighted by atomic mass is 35.5. The number of benzene rings is 1.